The molecule has 1 saturated heterocycles. The van der Waals surface area contributed by atoms with E-state index in [0.717, 1.165) is 12.8 Å². The molecule has 128 valence electrons. The van der Waals surface area contributed by atoms with E-state index in [9.17, 15) is 9.59 Å². The van der Waals surface area contributed by atoms with Crippen LogP contribution in [0.3, 0.4) is 0 Å². The fraction of sp³-hybridized carbons (Fsp3) is 0.500. The van der Waals surface area contributed by atoms with Crippen molar-refractivity contribution in [3.05, 3.63) is 46.9 Å². The molecule has 0 aliphatic carbocycles. The van der Waals surface area contributed by atoms with Crippen LogP contribution in [0.2, 0.25) is 0 Å². The first-order valence-corrected chi connectivity index (χ1v) is 8.02. The summed E-state index contributed by atoms with van der Waals surface area (Å²) in [4.78, 5) is 30.4. The van der Waals surface area contributed by atoms with E-state index >= 15 is 0 Å². The van der Waals surface area contributed by atoms with Crippen LogP contribution in [0.1, 0.15) is 29.2 Å². The maximum Gasteiger partial charge on any atom is 0.255 e. The Labute approximate surface area is 139 Å². The number of methoxy groups -OCH3 is 1. The van der Waals surface area contributed by atoms with Crippen molar-refractivity contribution < 1.29 is 9.53 Å². The van der Waals surface area contributed by atoms with Gasteiger partial charge >= 0.3 is 0 Å². The molecule has 8 nitrogen and oxygen atoms in total. The number of piperidine rings is 1. The van der Waals surface area contributed by atoms with Crippen LogP contribution in [-0.4, -0.2) is 56.9 Å². The quantitative estimate of drug-likeness (QED) is 0.800. The maximum atomic E-state index is 12.8. The second-order valence-corrected chi connectivity index (χ2v) is 5.86. The van der Waals surface area contributed by atoms with Crippen molar-refractivity contribution in [2.45, 2.75) is 25.4 Å². The van der Waals surface area contributed by atoms with Gasteiger partial charge in [-0.05, 0) is 18.9 Å². The molecule has 0 N–H and O–H groups in total. The van der Waals surface area contributed by atoms with Gasteiger partial charge in [-0.1, -0.05) is 0 Å². The molecule has 0 saturated carbocycles. The van der Waals surface area contributed by atoms with Gasteiger partial charge < -0.3 is 14.2 Å². The lowest BCUT2D eigenvalue weighted by Gasteiger charge is -2.32. The number of hydrogen-bond donors (Lipinski definition) is 0. The smallest absolute Gasteiger partial charge is 0.255 e. The van der Waals surface area contributed by atoms with Gasteiger partial charge in [0.05, 0.1) is 18.2 Å². The van der Waals surface area contributed by atoms with Crippen LogP contribution >= 0.6 is 0 Å². The summed E-state index contributed by atoms with van der Waals surface area (Å²) >= 11 is 0. The Morgan fingerprint density at radius 1 is 1.42 bits per heavy atom. The SMILES string of the molecule is COCCn1cc(C(=O)N2CCC[C@H](n3cncn3)C2)ccc1=O. The van der Waals surface area contributed by atoms with Crippen LogP contribution in [0.15, 0.2) is 35.8 Å². The molecule has 2 aromatic rings. The van der Waals surface area contributed by atoms with E-state index in [1.165, 1.54) is 17.0 Å². The highest BCUT2D eigenvalue weighted by atomic mass is 16.5. The number of hydrogen-bond acceptors (Lipinski definition) is 5. The molecule has 1 atom stereocenters. The van der Waals surface area contributed by atoms with E-state index in [1.807, 2.05) is 4.90 Å². The highest BCUT2D eigenvalue weighted by Gasteiger charge is 2.26. The highest BCUT2D eigenvalue weighted by molar-refractivity contribution is 5.94. The molecule has 1 aliphatic heterocycles. The molecule has 24 heavy (non-hydrogen) atoms. The van der Waals surface area contributed by atoms with Gasteiger partial charge in [-0.2, -0.15) is 5.10 Å². The van der Waals surface area contributed by atoms with Crippen molar-refractivity contribution in [1.29, 1.82) is 0 Å². The number of carbonyl (C=O) groups is 1. The first-order valence-electron chi connectivity index (χ1n) is 8.02. The van der Waals surface area contributed by atoms with Crippen molar-refractivity contribution in [1.82, 2.24) is 24.2 Å². The van der Waals surface area contributed by atoms with E-state index in [1.54, 1.807) is 30.4 Å². The largest absolute Gasteiger partial charge is 0.383 e. The molecule has 1 aliphatic rings. The predicted molar refractivity (Wildman–Crippen MR) is 86.8 cm³/mol. The molecule has 0 unspecified atom stereocenters. The van der Waals surface area contributed by atoms with Crippen LogP contribution in [0.25, 0.3) is 0 Å². The maximum absolute atomic E-state index is 12.8. The summed E-state index contributed by atoms with van der Waals surface area (Å²) in [5.74, 6) is -0.0639. The Morgan fingerprint density at radius 2 is 2.29 bits per heavy atom. The third-order valence-corrected chi connectivity index (χ3v) is 4.26. The molecule has 2 aromatic heterocycles. The highest BCUT2D eigenvalue weighted by Crippen LogP contribution is 2.21. The average molecular weight is 331 g/mol. The van der Waals surface area contributed by atoms with Gasteiger partial charge in [0, 0.05) is 39.0 Å². The lowest BCUT2D eigenvalue weighted by molar-refractivity contribution is 0.0671. The summed E-state index contributed by atoms with van der Waals surface area (Å²) < 4.78 is 8.32. The molecular formula is C16H21N5O3. The molecule has 3 rings (SSSR count). The second-order valence-electron chi connectivity index (χ2n) is 5.86. The van der Waals surface area contributed by atoms with E-state index in [-0.39, 0.29) is 17.5 Å². The first-order chi connectivity index (χ1) is 11.7. The van der Waals surface area contributed by atoms with Gasteiger partial charge in [0.15, 0.2) is 0 Å². The van der Waals surface area contributed by atoms with Gasteiger partial charge in [-0.3, -0.25) is 9.59 Å². The predicted octanol–water partition coefficient (Wildman–Crippen LogP) is 0.563. The second kappa shape index (κ2) is 7.39. The zero-order valence-electron chi connectivity index (χ0n) is 13.7. The minimum absolute atomic E-state index is 0.0639. The molecule has 0 bridgehead atoms. The van der Waals surface area contributed by atoms with Gasteiger partial charge in [0.2, 0.25) is 0 Å². The molecule has 0 spiro atoms. The Hall–Kier alpha value is -2.48. The molecular weight excluding hydrogens is 310 g/mol. The number of carbonyl (C=O) groups excluding carboxylic acids is 1. The van der Waals surface area contributed by atoms with E-state index in [0.29, 0.717) is 31.8 Å². The van der Waals surface area contributed by atoms with E-state index in [4.69, 9.17) is 4.74 Å². The Kier molecular flexibility index (Phi) is 5.05. The normalized spacial score (nSPS) is 17.9. The summed E-state index contributed by atoms with van der Waals surface area (Å²) in [6.45, 7) is 2.16. The molecule has 1 amide bonds. The number of nitrogens with zero attached hydrogens (tertiary/aromatic N) is 5. The fourth-order valence-corrected chi connectivity index (χ4v) is 2.97. The van der Waals surface area contributed by atoms with Crippen LogP contribution in [0.4, 0.5) is 0 Å². The molecule has 1 fully saturated rings. The van der Waals surface area contributed by atoms with Gasteiger partial charge in [0.1, 0.15) is 12.7 Å². The van der Waals surface area contributed by atoms with Crippen LogP contribution in [0.5, 0.6) is 0 Å². The average Bonchev–Trinajstić information content (AvgIpc) is 3.15. The standard InChI is InChI=1S/C16H21N5O3/c1-24-8-7-19-9-13(4-5-15(19)22)16(23)20-6-2-3-14(10-20)21-12-17-11-18-21/h4-5,9,11-12,14H,2-3,6-8,10H2,1H3/t14-/m0/s1. The number of pyridine rings is 1. The van der Waals surface area contributed by atoms with E-state index < -0.39 is 0 Å². The Morgan fingerprint density at radius 3 is 3.04 bits per heavy atom. The van der Waals surface area contributed by atoms with Gasteiger partial charge in [-0.25, -0.2) is 9.67 Å². The van der Waals surface area contributed by atoms with Crippen molar-refractivity contribution in [3.8, 4) is 0 Å². The number of amides is 1. The zero-order valence-corrected chi connectivity index (χ0v) is 13.7. The number of likely N-dealkylation sites (tertiary alicyclic amines) is 1. The summed E-state index contributed by atoms with van der Waals surface area (Å²) in [6.07, 6.45) is 6.69. The Balaban J connectivity index is 1.74. The van der Waals surface area contributed by atoms with Gasteiger partial charge in [-0.15, -0.1) is 0 Å². The summed E-state index contributed by atoms with van der Waals surface area (Å²) in [5, 5.41) is 4.17. The first kappa shape index (κ1) is 16.4. The number of ether oxygens (including phenoxy) is 1. The zero-order chi connectivity index (χ0) is 16.9. The van der Waals surface area contributed by atoms with Crippen LogP contribution < -0.4 is 5.56 Å². The minimum Gasteiger partial charge on any atom is -0.383 e. The fourth-order valence-electron chi connectivity index (χ4n) is 2.97. The molecule has 0 radical (unpaired) electrons. The summed E-state index contributed by atoms with van der Waals surface area (Å²) in [6, 6.07) is 3.17. The van der Waals surface area contributed by atoms with Crippen LogP contribution in [-0.2, 0) is 11.3 Å². The van der Waals surface area contributed by atoms with Crippen LogP contribution in [0, 0.1) is 0 Å². The van der Waals surface area contributed by atoms with Gasteiger partial charge in [0.25, 0.3) is 11.5 Å². The lowest BCUT2D eigenvalue weighted by atomic mass is 10.0. The molecule has 3 heterocycles. The number of rotatable bonds is 5. The van der Waals surface area contributed by atoms with E-state index in [2.05, 4.69) is 10.1 Å². The van der Waals surface area contributed by atoms with Crippen molar-refractivity contribution in [2.24, 2.45) is 0 Å². The third kappa shape index (κ3) is 3.53. The van der Waals surface area contributed by atoms with Crippen molar-refractivity contribution >= 4 is 5.91 Å². The van der Waals surface area contributed by atoms with Crippen molar-refractivity contribution in [3.63, 3.8) is 0 Å². The number of aromatic nitrogens is 4. The molecule has 0 aromatic carbocycles. The Bertz CT molecular complexity index is 740. The minimum atomic E-state index is -0.136. The monoisotopic (exact) mass is 331 g/mol. The lowest BCUT2D eigenvalue weighted by Crippen LogP contribution is -2.41. The van der Waals surface area contributed by atoms with Crippen molar-refractivity contribution in [2.75, 3.05) is 26.8 Å². The summed E-state index contributed by atoms with van der Waals surface area (Å²) in [5.41, 5.74) is 0.382. The molecule has 8 heteroatoms. The third-order valence-electron chi connectivity index (χ3n) is 4.26. The topological polar surface area (TPSA) is 82.2 Å². The summed E-state index contributed by atoms with van der Waals surface area (Å²) in [7, 11) is 1.58.